The molecule has 0 spiro atoms. The van der Waals surface area contributed by atoms with Crippen molar-refractivity contribution in [1.29, 1.82) is 0 Å². The average molecular weight is 210 g/mol. The third kappa shape index (κ3) is 19.6. The van der Waals surface area contributed by atoms with Crippen molar-refractivity contribution in [2.45, 2.75) is 55.4 Å². The van der Waals surface area contributed by atoms with Crippen molar-refractivity contribution < 1.29 is 0 Å². The first-order valence-corrected chi connectivity index (χ1v) is 5.70. The van der Waals surface area contributed by atoms with Crippen LogP contribution in [0.2, 0.25) is 0 Å². The maximum atomic E-state index is 2.17. The van der Waals surface area contributed by atoms with Crippen molar-refractivity contribution in [1.82, 2.24) is 0 Å². The van der Waals surface area contributed by atoms with Gasteiger partial charge in [0.15, 0.2) is 0 Å². The van der Waals surface area contributed by atoms with Crippen LogP contribution in [0.4, 0.5) is 0 Å². The minimum atomic E-state index is 0. The Hall–Kier alpha value is -0.780. The first-order valence-electron chi connectivity index (χ1n) is 5.70. The fourth-order valence-corrected chi connectivity index (χ4v) is 0.714. The van der Waals surface area contributed by atoms with Crippen LogP contribution < -0.4 is 0 Å². The van der Waals surface area contributed by atoms with Gasteiger partial charge in [0.25, 0.3) is 0 Å². The molecule has 0 bridgehead atoms. The van der Waals surface area contributed by atoms with Crippen LogP contribution in [0.5, 0.6) is 0 Å². The van der Waals surface area contributed by atoms with E-state index in [-0.39, 0.29) is 7.43 Å². The summed E-state index contributed by atoms with van der Waals surface area (Å²) in [6.07, 6.45) is 1.14. The predicted octanol–water partition coefficient (Wildman–Crippen LogP) is 5.57. The van der Waals surface area contributed by atoms with E-state index >= 15 is 0 Å². The molecule has 0 unspecified atom stereocenters. The standard InChI is InChI=1S/C8H10.C4H10.C2H6.CH4/c1-2-8-6-4-3-5-7-8;1-4(2)3;1-2;/h3-7H,2H2,1H3;4H,1-3H3;1-2H3;1H4. The molecule has 0 aromatic heterocycles. The van der Waals surface area contributed by atoms with E-state index in [1.54, 1.807) is 0 Å². The van der Waals surface area contributed by atoms with Gasteiger partial charge in [-0.2, -0.15) is 0 Å². The lowest BCUT2D eigenvalue weighted by molar-refractivity contribution is 0.737. The summed E-state index contributed by atoms with van der Waals surface area (Å²) >= 11 is 0. The molecule has 90 valence electrons. The van der Waals surface area contributed by atoms with E-state index in [0.29, 0.717) is 0 Å². The molecular weight excluding hydrogens is 180 g/mol. The molecular formula is C15H30. The van der Waals surface area contributed by atoms with Gasteiger partial charge in [0.2, 0.25) is 0 Å². The highest BCUT2D eigenvalue weighted by Crippen LogP contribution is 1.96. The predicted molar refractivity (Wildman–Crippen MR) is 74.4 cm³/mol. The minimum absolute atomic E-state index is 0. The topological polar surface area (TPSA) is 0 Å². The Morgan fingerprint density at radius 1 is 0.933 bits per heavy atom. The van der Waals surface area contributed by atoms with Crippen LogP contribution in [-0.2, 0) is 6.42 Å². The maximum Gasteiger partial charge on any atom is -0.0307 e. The summed E-state index contributed by atoms with van der Waals surface area (Å²) in [7, 11) is 0. The van der Waals surface area contributed by atoms with E-state index in [0.717, 1.165) is 12.3 Å². The number of aryl methyl sites for hydroxylation is 1. The maximum absolute atomic E-state index is 2.17. The monoisotopic (exact) mass is 210 g/mol. The summed E-state index contributed by atoms with van der Waals surface area (Å²) in [5, 5.41) is 0. The lowest BCUT2D eigenvalue weighted by atomic mass is 10.2. The second-order valence-corrected chi connectivity index (χ2v) is 3.57. The zero-order valence-electron chi connectivity index (χ0n) is 10.7. The SMILES string of the molecule is C.CC.CC(C)C.CCc1ccccc1. The van der Waals surface area contributed by atoms with Gasteiger partial charge in [0, 0.05) is 0 Å². The van der Waals surface area contributed by atoms with Gasteiger partial charge >= 0.3 is 0 Å². The molecule has 1 rings (SSSR count). The Labute approximate surface area is 97.7 Å². The molecule has 0 heteroatoms. The summed E-state index contributed by atoms with van der Waals surface area (Å²) in [6, 6.07) is 10.5. The number of hydrogen-bond acceptors (Lipinski definition) is 0. The van der Waals surface area contributed by atoms with Gasteiger partial charge in [-0.3, -0.25) is 0 Å². The van der Waals surface area contributed by atoms with Crippen LogP contribution in [0.15, 0.2) is 30.3 Å². The highest BCUT2D eigenvalue weighted by Gasteiger charge is 1.79. The van der Waals surface area contributed by atoms with E-state index in [1.165, 1.54) is 5.56 Å². The molecule has 0 heterocycles. The third-order valence-corrected chi connectivity index (χ3v) is 1.25. The van der Waals surface area contributed by atoms with Crippen LogP contribution >= 0.6 is 0 Å². The van der Waals surface area contributed by atoms with E-state index in [2.05, 4.69) is 52.0 Å². The Bertz CT molecular complexity index is 172. The average Bonchev–Trinajstić information content (AvgIpc) is 2.21. The molecule has 0 saturated heterocycles. The van der Waals surface area contributed by atoms with Gasteiger partial charge in [-0.25, -0.2) is 0 Å². The molecule has 0 atom stereocenters. The van der Waals surface area contributed by atoms with Crippen molar-refractivity contribution in [2.75, 3.05) is 0 Å². The summed E-state index contributed by atoms with van der Waals surface area (Å²) in [4.78, 5) is 0. The van der Waals surface area contributed by atoms with Gasteiger partial charge in [-0.05, 0) is 17.9 Å². The van der Waals surface area contributed by atoms with Crippen LogP contribution in [0.1, 0.15) is 54.5 Å². The Balaban J connectivity index is -0.000000179. The first kappa shape index (κ1) is 19.7. The lowest BCUT2D eigenvalue weighted by Crippen LogP contribution is -1.73. The van der Waals surface area contributed by atoms with Gasteiger partial charge < -0.3 is 0 Å². The fourth-order valence-electron chi connectivity index (χ4n) is 0.714. The molecule has 15 heavy (non-hydrogen) atoms. The molecule has 0 radical (unpaired) electrons. The summed E-state index contributed by atoms with van der Waals surface area (Å²) in [5.41, 5.74) is 1.41. The van der Waals surface area contributed by atoms with Crippen LogP contribution in [0.25, 0.3) is 0 Å². The molecule has 0 amide bonds. The summed E-state index contributed by atoms with van der Waals surface area (Å²) < 4.78 is 0. The van der Waals surface area contributed by atoms with Crippen molar-refractivity contribution in [3.63, 3.8) is 0 Å². The Kier molecular flexibility index (Phi) is 20.6. The van der Waals surface area contributed by atoms with E-state index in [9.17, 15) is 0 Å². The van der Waals surface area contributed by atoms with Gasteiger partial charge in [0.1, 0.15) is 0 Å². The van der Waals surface area contributed by atoms with Crippen LogP contribution in [0, 0.1) is 5.92 Å². The molecule has 0 aliphatic rings. The van der Waals surface area contributed by atoms with Crippen molar-refractivity contribution >= 4 is 0 Å². The molecule has 0 N–H and O–H groups in total. The molecule has 1 aromatic rings. The highest BCUT2D eigenvalue weighted by atomic mass is 13.9. The van der Waals surface area contributed by atoms with Crippen LogP contribution in [0.3, 0.4) is 0 Å². The highest BCUT2D eigenvalue weighted by molar-refractivity contribution is 5.13. The van der Waals surface area contributed by atoms with Gasteiger partial charge in [-0.15, -0.1) is 0 Å². The Morgan fingerprint density at radius 2 is 1.27 bits per heavy atom. The number of hydrogen-bond donors (Lipinski definition) is 0. The van der Waals surface area contributed by atoms with E-state index in [1.807, 2.05) is 19.9 Å². The minimum Gasteiger partial charge on any atom is -0.0776 e. The van der Waals surface area contributed by atoms with Crippen molar-refractivity contribution in [2.24, 2.45) is 5.92 Å². The second-order valence-electron chi connectivity index (χ2n) is 3.57. The van der Waals surface area contributed by atoms with Gasteiger partial charge in [-0.1, -0.05) is 79.3 Å². The molecule has 0 aliphatic heterocycles. The molecule has 1 aromatic carbocycles. The number of rotatable bonds is 1. The summed E-state index contributed by atoms with van der Waals surface area (Å²) in [6.45, 7) is 12.7. The number of benzene rings is 1. The normalized spacial score (nSPS) is 7.67. The molecule has 0 nitrogen and oxygen atoms in total. The largest absolute Gasteiger partial charge is 0.0776 e. The molecule has 0 saturated carbocycles. The second kappa shape index (κ2) is 15.7. The molecule has 0 aliphatic carbocycles. The molecule has 0 fully saturated rings. The zero-order chi connectivity index (χ0) is 11.4. The zero-order valence-corrected chi connectivity index (χ0v) is 10.7. The van der Waals surface area contributed by atoms with E-state index in [4.69, 9.17) is 0 Å². The van der Waals surface area contributed by atoms with Gasteiger partial charge in [0.05, 0.1) is 0 Å². The third-order valence-electron chi connectivity index (χ3n) is 1.25. The lowest BCUT2D eigenvalue weighted by Gasteiger charge is -1.89. The quantitative estimate of drug-likeness (QED) is 0.568. The van der Waals surface area contributed by atoms with Crippen molar-refractivity contribution in [3.05, 3.63) is 35.9 Å². The summed E-state index contributed by atoms with van der Waals surface area (Å²) in [5.74, 6) is 0.833. The fraction of sp³-hybridized carbons (Fsp3) is 0.600. The van der Waals surface area contributed by atoms with Crippen LogP contribution in [-0.4, -0.2) is 0 Å². The van der Waals surface area contributed by atoms with E-state index < -0.39 is 0 Å². The smallest absolute Gasteiger partial charge is 0.0307 e. The van der Waals surface area contributed by atoms with Crippen molar-refractivity contribution in [3.8, 4) is 0 Å². The Morgan fingerprint density at radius 3 is 1.47 bits per heavy atom. The first-order chi connectivity index (χ1) is 6.66.